The van der Waals surface area contributed by atoms with Crippen molar-refractivity contribution >= 4 is 21.7 Å². The smallest absolute Gasteiger partial charge is 0.208 e. The number of anilines is 2. The molecule has 102 valence electrons. The molecule has 0 aliphatic rings. The zero-order valence-electron chi connectivity index (χ0n) is 10.6. The Kier molecular flexibility index (Phi) is 5.79. The molecule has 1 rings (SSSR count). The van der Waals surface area contributed by atoms with Crippen LogP contribution in [-0.4, -0.2) is 44.3 Å². The Morgan fingerprint density at radius 1 is 1.11 bits per heavy atom. The average Bonchev–Trinajstić information content (AvgIpc) is 2.31. The van der Waals surface area contributed by atoms with Gasteiger partial charge in [0.15, 0.2) is 0 Å². The maximum absolute atomic E-state index is 10.8. The number of aromatic nitrogens is 2. The molecule has 3 N–H and O–H groups in total. The Labute approximate surface area is 107 Å². The first-order valence-electron chi connectivity index (χ1n) is 5.75. The predicted molar refractivity (Wildman–Crippen MR) is 72.1 cm³/mol. The summed E-state index contributed by atoms with van der Waals surface area (Å²) in [4.78, 5) is 8.11. The van der Waals surface area contributed by atoms with Gasteiger partial charge in [-0.2, -0.15) is 0 Å². The first-order valence-corrected chi connectivity index (χ1v) is 7.65. The quantitative estimate of drug-likeness (QED) is 0.588. The van der Waals surface area contributed by atoms with Gasteiger partial charge in [-0.05, 0) is 6.42 Å². The third-order valence-corrected chi connectivity index (χ3v) is 2.75. The van der Waals surface area contributed by atoms with E-state index in [1.807, 2.05) is 0 Å². The molecule has 0 unspecified atom stereocenters. The summed E-state index contributed by atoms with van der Waals surface area (Å²) >= 11 is 0. The predicted octanol–water partition coefficient (Wildman–Crippen LogP) is 0.260. The monoisotopic (exact) mass is 273 g/mol. The molecule has 0 aliphatic heterocycles. The van der Waals surface area contributed by atoms with Crippen LogP contribution in [0.2, 0.25) is 0 Å². The van der Waals surface area contributed by atoms with E-state index in [9.17, 15) is 8.42 Å². The standard InChI is InChI=1S/C10H19N5O2S/c1-3-4-11-9-7-10(14-8-13-9)12-5-6-15-18(2,16)17/h7-8,15H,3-6H2,1-2H3,(H2,11,12,13,14). The van der Waals surface area contributed by atoms with Gasteiger partial charge in [0.25, 0.3) is 0 Å². The summed E-state index contributed by atoms with van der Waals surface area (Å²) in [7, 11) is -3.13. The van der Waals surface area contributed by atoms with Crippen LogP contribution in [0.4, 0.5) is 11.6 Å². The zero-order chi connectivity index (χ0) is 13.4. The highest BCUT2D eigenvalue weighted by atomic mass is 32.2. The maximum Gasteiger partial charge on any atom is 0.208 e. The van der Waals surface area contributed by atoms with E-state index >= 15 is 0 Å². The molecule has 0 aromatic carbocycles. The van der Waals surface area contributed by atoms with Crippen LogP contribution in [0.25, 0.3) is 0 Å². The molecule has 1 aromatic heterocycles. The van der Waals surface area contributed by atoms with Gasteiger partial charge in [-0.3, -0.25) is 0 Å². The Bertz CT molecular complexity index is 463. The number of hydrogen-bond donors (Lipinski definition) is 3. The molecule has 0 saturated heterocycles. The lowest BCUT2D eigenvalue weighted by atomic mass is 10.4. The molecular formula is C10H19N5O2S. The van der Waals surface area contributed by atoms with E-state index in [1.165, 1.54) is 6.33 Å². The minimum absolute atomic E-state index is 0.320. The molecule has 0 radical (unpaired) electrons. The average molecular weight is 273 g/mol. The van der Waals surface area contributed by atoms with Gasteiger partial charge < -0.3 is 10.6 Å². The molecule has 0 saturated carbocycles. The van der Waals surface area contributed by atoms with Crippen molar-refractivity contribution in [3.8, 4) is 0 Å². The maximum atomic E-state index is 10.8. The lowest BCUT2D eigenvalue weighted by Crippen LogP contribution is -2.27. The van der Waals surface area contributed by atoms with Gasteiger partial charge in [0.1, 0.15) is 18.0 Å². The Morgan fingerprint density at radius 2 is 1.72 bits per heavy atom. The number of hydrogen-bond acceptors (Lipinski definition) is 6. The van der Waals surface area contributed by atoms with Crippen molar-refractivity contribution in [2.75, 3.05) is 36.5 Å². The van der Waals surface area contributed by atoms with Crippen LogP contribution in [0.3, 0.4) is 0 Å². The largest absolute Gasteiger partial charge is 0.370 e. The summed E-state index contributed by atoms with van der Waals surface area (Å²) in [5, 5.41) is 6.16. The van der Waals surface area contributed by atoms with Crippen LogP contribution in [0, 0.1) is 0 Å². The fourth-order valence-corrected chi connectivity index (χ4v) is 1.70. The summed E-state index contributed by atoms with van der Waals surface area (Å²) in [6.07, 6.45) is 3.61. The van der Waals surface area contributed by atoms with E-state index in [2.05, 4.69) is 32.2 Å². The molecular weight excluding hydrogens is 254 g/mol. The van der Waals surface area contributed by atoms with E-state index in [4.69, 9.17) is 0 Å². The van der Waals surface area contributed by atoms with E-state index in [1.54, 1.807) is 6.07 Å². The van der Waals surface area contributed by atoms with Crippen molar-refractivity contribution in [3.63, 3.8) is 0 Å². The first-order chi connectivity index (χ1) is 8.51. The Balaban J connectivity index is 2.38. The van der Waals surface area contributed by atoms with Crippen LogP contribution in [-0.2, 0) is 10.0 Å². The molecule has 0 spiro atoms. The minimum Gasteiger partial charge on any atom is -0.370 e. The van der Waals surface area contributed by atoms with Gasteiger partial charge in [-0.1, -0.05) is 6.92 Å². The lowest BCUT2D eigenvalue weighted by Gasteiger charge is -2.08. The molecule has 8 heteroatoms. The second kappa shape index (κ2) is 7.12. The highest BCUT2D eigenvalue weighted by Gasteiger charge is 2.00. The molecule has 0 atom stereocenters. The fourth-order valence-electron chi connectivity index (χ4n) is 1.23. The van der Waals surface area contributed by atoms with Crippen LogP contribution in [0.5, 0.6) is 0 Å². The van der Waals surface area contributed by atoms with Gasteiger partial charge in [-0.25, -0.2) is 23.1 Å². The highest BCUT2D eigenvalue weighted by molar-refractivity contribution is 7.88. The summed E-state index contributed by atoms with van der Waals surface area (Å²) < 4.78 is 24.1. The number of nitrogens with one attached hydrogen (secondary N) is 3. The van der Waals surface area contributed by atoms with E-state index in [-0.39, 0.29) is 0 Å². The topological polar surface area (TPSA) is 96.0 Å². The summed E-state index contributed by atoms with van der Waals surface area (Å²) in [5.74, 6) is 1.42. The molecule has 1 heterocycles. The van der Waals surface area contributed by atoms with Crippen LogP contribution >= 0.6 is 0 Å². The van der Waals surface area contributed by atoms with Gasteiger partial charge in [0.2, 0.25) is 10.0 Å². The molecule has 0 bridgehead atoms. The summed E-state index contributed by atoms with van der Waals surface area (Å²) in [6.45, 7) is 3.72. The number of rotatable bonds is 8. The fraction of sp³-hybridized carbons (Fsp3) is 0.600. The van der Waals surface area contributed by atoms with Crippen LogP contribution in [0.1, 0.15) is 13.3 Å². The van der Waals surface area contributed by atoms with Gasteiger partial charge >= 0.3 is 0 Å². The molecule has 1 aromatic rings. The van der Waals surface area contributed by atoms with Crippen LogP contribution < -0.4 is 15.4 Å². The summed E-state index contributed by atoms with van der Waals surface area (Å²) in [5.41, 5.74) is 0. The minimum atomic E-state index is -3.13. The molecule has 0 fully saturated rings. The van der Waals surface area contributed by atoms with E-state index in [0.29, 0.717) is 18.9 Å². The molecule has 18 heavy (non-hydrogen) atoms. The first kappa shape index (κ1) is 14.7. The van der Waals surface area contributed by atoms with Crippen LogP contribution in [0.15, 0.2) is 12.4 Å². The van der Waals surface area contributed by atoms with Gasteiger partial charge in [-0.15, -0.1) is 0 Å². The van der Waals surface area contributed by atoms with Crippen molar-refractivity contribution < 1.29 is 8.42 Å². The van der Waals surface area contributed by atoms with Crippen molar-refractivity contribution in [1.29, 1.82) is 0 Å². The SMILES string of the molecule is CCCNc1cc(NCCNS(C)(=O)=O)ncn1. The second-order valence-electron chi connectivity index (χ2n) is 3.81. The lowest BCUT2D eigenvalue weighted by molar-refractivity contribution is 0.589. The van der Waals surface area contributed by atoms with Crippen molar-refractivity contribution in [1.82, 2.24) is 14.7 Å². The Hall–Kier alpha value is -1.41. The third-order valence-electron chi connectivity index (χ3n) is 2.02. The highest BCUT2D eigenvalue weighted by Crippen LogP contribution is 2.07. The molecule has 0 amide bonds. The van der Waals surface area contributed by atoms with E-state index in [0.717, 1.165) is 25.0 Å². The Morgan fingerprint density at radius 3 is 2.28 bits per heavy atom. The van der Waals surface area contributed by atoms with Gasteiger partial charge in [0, 0.05) is 25.7 Å². The van der Waals surface area contributed by atoms with Gasteiger partial charge in [0.05, 0.1) is 6.26 Å². The van der Waals surface area contributed by atoms with Crippen molar-refractivity contribution in [2.24, 2.45) is 0 Å². The second-order valence-corrected chi connectivity index (χ2v) is 5.64. The van der Waals surface area contributed by atoms with Crippen molar-refractivity contribution in [2.45, 2.75) is 13.3 Å². The van der Waals surface area contributed by atoms with E-state index < -0.39 is 10.0 Å². The normalized spacial score (nSPS) is 11.2. The third kappa shape index (κ3) is 6.36. The number of nitrogens with zero attached hydrogens (tertiary/aromatic N) is 2. The number of sulfonamides is 1. The molecule has 0 aliphatic carbocycles. The summed E-state index contributed by atoms with van der Waals surface area (Å²) in [6, 6.07) is 1.79. The molecule has 7 nitrogen and oxygen atoms in total. The van der Waals surface area contributed by atoms with Crippen molar-refractivity contribution in [3.05, 3.63) is 12.4 Å². The zero-order valence-corrected chi connectivity index (χ0v) is 11.4.